The zero-order valence-electron chi connectivity index (χ0n) is 12.1. The Morgan fingerprint density at radius 3 is 2.76 bits per heavy atom. The average molecular weight is 278 g/mol. The van der Waals surface area contributed by atoms with Crippen LogP contribution in [0.4, 0.5) is 0 Å². The normalized spacial score (nSPS) is 19.1. The molecule has 1 aliphatic rings. The smallest absolute Gasteiger partial charge is 0.131 e. The van der Waals surface area contributed by atoms with Crippen molar-refractivity contribution >= 4 is 12.4 Å². The summed E-state index contributed by atoms with van der Waals surface area (Å²) >= 11 is 0. The highest BCUT2D eigenvalue weighted by Crippen LogP contribution is 2.35. The van der Waals surface area contributed by atoms with E-state index in [2.05, 4.69) is 18.2 Å². The number of fused-ring (bicyclic) bond motifs is 1. The zero-order valence-corrected chi connectivity index (χ0v) is 12.1. The lowest BCUT2D eigenvalue weighted by Crippen LogP contribution is -2.13. The van der Waals surface area contributed by atoms with Crippen LogP contribution in [0.15, 0.2) is 54.1 Å². The lowest BCUT2D eigenvalue weighted by Gasteiger charge is -2.24. The average Bonchev–Trinajstić information content (AvgIpc) is 2.55. The van der Waals surface area contributed by atoms with E-state index in [-0.39, 0.29) is 5.92 Å². The first kappa shape index (κ1) is 13.6. The molecule has 21 heavy (non-hydrogen) atoms. The number of aryl methyl sites for hydroxylation is 1. The molecule has 2 aromatic rings. The van der Waals surface area contributed by atoms with E-state index in [4.69, 9.17) is 4.74 Å². The molecule has 0 N–H and O–H groups in total. The topological polar surface area (TPSA) is 26.3 Å². The van der Waals surface area contributed by atoms with Crippen LogP contribution in [0.25, 0.3) is 6.08 Å². The Balaban J connectivity index is 1.98. The van der Waals surface area contributed by atoms with Gasteiger partial charge in [-0.25, -0.2) is 0 Å². The zero-order chi connectivity index (χ0) is 14.7. The van der Waals surface area contributed by atoms with Gasteiger partial charge in [0.05, 0.1) is 13.0 Å². The van der Waals surface area contributed by atoms with Gasteiger partial charge in [-0.3, -0.25) is 0 Å². The molecule has 0 saturated carbocycles. The molecule has 3 rings (SSSR count). The molecule has 1 unspecified atom stereocenters. The van der Waals surface area contributed by atoms with Gasteiger partial charge in [0, 0.05) is 0 Å². The van der Waals surface area contributed by atoms with Gasteiger partial charge in [-0.1, -0.05) is 48.0 Å². The molecule has 0 saturated heterocycles. The molecule has 0 spiro atoms. The van der Waals surface area contributed by atoms with Crippen LogP contribution in [0.3, 0.4) is 0 Å². The molecule has 106 valence electrons. The molecule has 0 aromatic heterocycles. The van der Waals surface area contributed by atoms with Crippen molar-refractivity contribution in [1.82, 2.24) is 0 Å². The quantitative estimate of drug-likeness (QED) is 0.793. The maximum Gasteiger partial charge on any atom is 0.131 e. The maximum atomic E-state index is 11.6. The number of allylic oxidation sites excluding steroid dienone is 1. The maximum absolute atomic E-state index is 11.6. The minimum Gasteiger partial charge on any atom is -0.497 e. The highest BCUT2D eigenvalue weighted by atomic mass is 16.5. The van der Waals surface area contributed by atoms with Crippen LogP contribution in [-0.2, 0) is 11.2 Å². The fourth-order valence-corrected chi connectivity index (χ4v) is 2.97. The minimum absolute atomic E-state index is 0.124. The van der Waals surface area contributed by atoms with Crippen LogP contribution < -0.4 is 4.74 Å². The van der Waals surface area contributed by atoms with Gasteiger partial charge in [0.15, 0.2) is 0 Å². The number of carbonyl (C=O) groups is 1. The highest BCUT2D eigenvalue weighted by molar-refractivity contribution is 5.74. The molecular weight excluding hydrogens is 260 g/mol. The predicted octanol–water partition coefficient (Wildman–Crippen LogP) is 4.01. The van der Waals surface area contributed by atoms with E-state index in [0.717, 1.165) is 36.0 Å². The summed E-state index contributed by atoms with van der Waals surface area (Å²) in [6, 6.07) is 16.2. The Hall–Kier alpha value is -2.35. The number of methoxy groups -OCH3 is 1. The van der Waals surface area contributed by atoms with E-state index >= 15 is 0 Å². The van der Waals surface area contributed by atoms with Crippen LogP contribution in [0.1, 0.15) is 29.0 Å². The number of carbonyl (C=O) groups excluding carboxylic acids is 1. The number of rotatable bonds is 3. The Bertz CT molecular complexity index is 685. The standard InChI is InChI=1S/C19H18O2/c1-21-17-7-4-5-14(12-17)11-16-10-9-15-6-2-3-8-18(15)19(16)13-20/h2-8,11-13,19H,9-10H2,1H3. The lowest BCUT2D eigenvalue weighted by atomic mass is 9.79. The molecule has 0 bridgehead atoms. The Labute approximate surface area is 125 Å². The van der Waals surface area contributed by atoms with Crippen LogP contribution in [0, 0.1) is 0 Å². The number of benzene rings is 2. The van der Waals surface area contributed by atoms with Crippen molar-refractivity contribution in [2.75, 3.05) is 7.11 Å². The summed E-state index contributed by atoms with van der Waals surface area (Å²) < 4.78 is 5.25. The molecule has 0 fully saturated rings. The van der Waals surface area contributed by atoms with Crippen LogP contribution in [0.2, 0.25) is 0 Å². The third-order valence-electron chi connectivity index (χ3n) is 4.05. The molecule has 2 aromatic carbocycles. The minimum atomic E-state index is -0.124. The van der Waals surface area contributed by atoms with E-state index in [1.54, 1.807) is 7.11 Å². The molecular formula is C19H18O2. The third-order valence-corrected chi connectivity index (χ3v) is 4.05. The second kappa shape index (κ2) is 5.96. The predicted molar refractivity (Wildman–Crippen MR) is 84.5 cm³/mol. The van der Waals surface area contributed by atoms with E-state index in [9.17, 15) is 4.79 Å². The van der Waals surface area contributed by atoms with Gasteiger partial charge in [-0.15, -0.1) is 0 Å². The summed E-state index contributed by atoms with van der Waals surface area (Å²) in [4.78, 5) is 11.6. The van der Waals surface area contributed by atoms with E-state index in [1.165, 1.54) is 11.1 Å². The van der Waals surface area contributed by atoms with Gasteiger partial charge < -0.3 is 9.53 Å². The van der Waals surface area contributed by atoms with Gasteiger partial charge in [-0.2, -0.15) is 0 Å². The fraction of sp³-hybridized carbons (Fsp3) is 0.211. The monoisotopic (exact) mass is 278 g/mol. The summed E-state index contributed by atoms with van der Waals surface area (Å²) in [6.07, 6.45) is 5.11. The molecule has 0 radical (unpaired) electrons. The summed E-state index contributed by atoms with van der Waals surface area (Å²) in [5.74, 6) is 0.712. The molecule has 1 atom stereocenters. The summed E-state index contributed by atoms with van der Waals surface area (Å²) in [6.45, 7) is 0. The Kier molecular flexibility index (Phi) is 3.87. The second-order valence-electron chi connectivity index (χ2n) is 5.31. The molecule has 0 aliphatic heterocycles. The number of ether oxygens (including phenoxy) is 1. The Morgan fingerprint density at radius 1 is 1.10 bits per heavy atom. The van der Waals surface area contributed by atoms with Crippen molar-refractivity contribution in [2.24, 2.45) is 0 Å². The van der Waals surface area contributed by atoms with Crippen molar-refractivity contribution in [3.05, 3.63) is 70.8 Å². The number of hydrogen-bond acceptors (Lipinski definition) is 2. The van der Waals surface area contributed by atoms with Crippen molar-refractivity contribution < 1.29 is 9.53 Å². The van der Waals surface area contributed by atoms with Gasteiger partial charge >= 0.3 is 0 Å². The van der Waals surface area contributed by atoms with E-state index < -0.39 is 0 Å². The first-order valence-electron chi connectivity index (χ1n) is 7.19. The second-order valence-corrected chi connectivity index (χ2v) is 5.31. The molecule has 2 nitrogen and oxygen atoms in total. The van der Waals surface area contributed by atoms with Crippen molar-refractivity contribution in [3.8, 4) is 5.75 Å². The van der Waals surface area contributed by atoms with Crippen LogP contribution in [-0.4, -0.2) is 13.4 Å². The number of aldehydes is 1. The molecule has 2 heteroatoms. The summed E-state index contributed by atoms with van der Waals surface area (Å²) in [5, 5.41) is 0. The number of hydrogen-bond donors (Lipinski definition) is 0. The van der Waals surface area contributed by atoms with Gasteiger partial charge in [0.2, 0.25) is 0 Å². The first-order valence-corrected chi connectivity index (χ1v) is 7.19. The molecule has 0 amide bonds. The van der Waals surface area contributed by atoms with Crippen molar-refractivity contribution in [2.45, 2.75) is 18.8 Å². The summed E-state index contributed by atoms with van der Waals surface area (Å²) in [5.41, 5.74) is 4.69. The summed E-state index contributed by atoms with van der Waals surface area (Å²) in [7, 11) is 1.66. The molecule has 0 heterocycles. The Morgan fingerprint density at radius 2 is 1.95 bits per heavy atom. The SMILES string of the molecule is COc1cccc(C=C2CCc3ccccc3C2C=O)c1. The van der Waals surface area contributed by atoms with Gasteiger partial charge in [0.25, 0.3) is 0 Å². The van der Waals surface area contributed by atoms with Gasteiger partial charge in [-0.05, 0) is 41.7 Å². The van der Waals surface area contributed by atoms with Crippen molar-refractivity contribution in [1.29, 1.82) is 0 Å². The third kappa shape index (κ3) is 2.75. The largest absolute Gasteiger partial charge is 0.497 e. The highest BCUT2D eigenvalue weighted by Gasteiger charge is 2.23. The van der Waals surface area contributed by atoms with Gasteiger partial charge in [0.1, 0.15) is 12.0 Å². The van der Waals surface area contributed by atoms with Crippen molar-refractivity contribution in [3.63, 3.8) is 0 Å². The van der Waals surface area contributed by atoms with Crippen LogP contribution in [0.5, 0.6) is 5.75 Å². The molecule has 1 aliphatic carbocycles. The van der Waals surface area contributed by atoms with E-state index in [1.807, 2.05) is 36.4 Å². The van der Waals surface area contributed by atoms with Crippen LogP contribution >= 0.6 is 0 Å². The fourth-order valence-electron chi connectivity index (χ4n) is 2.97. The van der Waals surface area contributed by atoms with E-state index in [0.29, 0.717) is 0 Å². The lowest BCUT2D eigenvalue weighted by molar-refractivity contribution is -0.108. The first-order chi connectivity index (χ1) is 10.3.